The Hall–Kier alpha value is -2.29. The number of carbonyl (C=O) groups excluding carboxylic acids is 1. The molecule has 92 valence electrons. The van der Waals surface area contributed by atoms with E-state index in [1.54, 1.807) is 24.3 Å². The van der Waals surface area contributed by atoms with E-state index in [4.69, 9.17) is 10.5 Å². The van der Waals surface area contributed by atoms with E-state index in [1.165, 1.54) is 0 Å². The Morgan fingerprint density at radius 3 is 2.67 bits per heavy atom. The van der Waals surface area contributed by atoms with E-state index in [0.717, 1.165) is 11.1 Å². The molecule has 3 nitrogen and oxygen atoms in total. The molecule has 0 aliphatic carbocycles. The molecule has 0 aromatic heterocycles. The normalized spacial score (nSPS) is 10.1. The molecule has 0 unspecified atom stereocenters. The minimum atomic E-state index is -0.394. The Morgan fingerprint density at radius 2 is 1.94 bits per heavy atom. The first-order chi connectivity index (χ1) is 8.66. The van der Waals surface area contributed by atoms with E-state index in [2.05, 4.69) is 0 Å². The van der Waals surface area contributed by atoms with Gasteiger partial charge in [-0.15, -0.1) is 0 Å². The summed E-state index contributed by atoms with van der Waals surface area (Å²) in [6.45, 7) is 2.26. The molecule has 2 N–H and O–H groups in total. The summed E-state index contributed by atoms with van der Waals surface area (Å²) < 4.78 is 5.23. The number of aryl methyl sites for hydroxylation is 1. The number of rotatable bonds is 3. The maximum Gasteiger partial charge on any atom is 0.340 e. The minimum Gasteiger partial charge on any atom is -0.457 e. The van der Waals surface area contributed by atoms with Gasteiger partial charge in [-0.1, -0.05) is 42.0 Å². The van der Waals surface area contributed by atoms with Gasteiger partial charge in [0.1, 0.15) is 6.61 Å². The fourth-order valence-corrected chi connectivity index (χ4v) is 1.71. The number of anilines is 1. The number of nitrogen functional groups attached to an aromatic ring is 1. The van der Waals surface area contributed by atoms with Crippen LogP contribution in [0.15, 0.2) is 48.5 Å². The molecule has 18 heavy (non-hydrogen) atoms. The summed E-state index contributed by atoms with van der Waals surface area (Å²) in [4.78, 5) is 11.8. The lowest BCUT2D eigenvalue weighted by Crippen LogP contribution is -2.08. The topological polar surface area (TPSA) is 52.3 Å². The molecule has 2 aromatic rings. The maximum absolute atomic E-state index is 11.8. The molecule has 3 heteroatoms. The van der Waals surface area contributed by atoms with Crippen molar-refractivity contribution in [2.45, 2.75) is 13.5 Å². The SMILES string of the molecule is Cc1cccc(COC(=O)c2ccccc2N)c1. The number of para-hydroxylation sites is 1. The molecule has 0 radical (unpaired) electrons. The summed E-state index contributed by atoms with van der Waals surface area (Å²) in [5.41, 5.74) is 8.67. The van der Waals surface area contributed by atoms with E-state index in [0.29, 0.717) is 11.3 Å². The van der Waals surface area contributed by atoms with Gasteiger partial charge < -0.3 is 10.5 Å². The van der Waals surface area contributed by atoms with E-state index < -0.39 is 5.97 Å². The molecule has 0 saturated heterocycles. The van der Waals surface area contributed by atoms with Crippen molar-refractivity contribution >= 4 is 11.7 Å². The van der Waals surface area contributed by atoms with Crippen LogP contribution in [0, 0.1) is 6.92 Å². The summed E-state index contributed by atoms with van der Waals surface area (Å²) in [5.74, 6) is -0.394. The Morgan fingerprint density at radius 1 is 1.17 bits per heavy atom. The second kappa shape index (κ2) is 5.36. The van der Waals surface area contributed by atoms with Crippen LogP contribution in [-0.2, 0) is 11.3 Å². The van der Waals surface area contributed by atoms with Crippen LogP contribution in [0.25, 0.3) is 0 Å². The highest BCUT2D eigenvalue weighted by Crippen LogP contribution is 2.13. The Labute approximate surface area is 106 Å². The van der Waals surface area contributed by atoms with Crippen molar-refractivity contribution in [2.75, 3.05) is 5.73 Å². The second-order valence-electron chi connectivity index (χ2n) is 4.15. The van der Waals surface area contributed by atoms with Gasteiger partial charge in [0.25, 0.3) is 0 Å². The van der Waals surface area contributed by atoms with Gasteiger partial charge in [0, 0.05) is 5.69 Å². The van der Waals surface area contributed by atoms with Gasteiger partial charge in [-0.3, -0.25) is 0 Å². The molecule has 0 amide bonds. The van der Waals surface area contributed by atoms with Gasteiger partial charge in [-0.25, -0.2) is 4.79 Å². The van der Waals surface area contributed by atoms with Crippen LogP contribution in [0.5, 0.6) is 0 Å². The van der Waals surface area contributed by atoms with E-state index in [9.17, 15) is 4.79 Å². The number of esters is 1. The van der Waals surface area contributed by atoms with E-state index in [1.807, 2.05) is 31.2 Å². The van der Waals surface area contributed by atoms with Crippen molar-refractivity contribution in [2.24, 2.45) is 0 Å². The number of nitrogens with two attached hydrogens (primary N) is 1. The van der Waals surface area contributed by atoms with Crippen LogP contribution in [-0.4, -0.2) is 5.97 Å². The fraction of sp³-hybridized carbons (Fsp3) is 0.133. The third-order valence-electron chi connectivity index (χ3n) is 2.63. The van der Waals surface area contributed by atoms with Crippen LogP contribution in [0.4, 0.5) is 5.69 Å². The smallest absolute Gasteiger partial charge is 0.340 e. The van der Waals surface area contributed by atoms with Gasteiger partial charge in [-0.05, 0) is 24.6 Å². The van der Waals surface area contributed by atoms with Crippen molar-refractivity contribution in [3.63, 3.8) is 0 Å². The quantitative estimate of drug-likeness (QED) is 0.664. The number of carbonyl (C=O) groups is 1. The van der Waals surface area contributed by atoms with Gasteiger partial charge in [0.05, 0.1) is 5.56 Å². The average molecular weight is 241 g/mol. The van der Waals surface area contributed by atoms with E-state index >= 15 is 0 Å². The first-order valence-corrected chi connectivity index (χ1v) is 5.74. The highest BCUT2D eigenvalue weighted by Gasteiger charge is 2.10. The van der Waals surface area contributed by atoms with Crippen LogP contribution in [0.3, 0.4) is 0 Å². The van der Waals surface area contributed by atoms with Crippen LogP contribution in [0.2, 0.25) is 0 Å². The standard InChI is InChI=1S/C15H15NO2/c1-11-5-4-6-12(9-11)10-18-15(17)13-7-2-3-8-14(13)16/h2-9H,10,16H2,1H3. The predicted octanol–water partition coefficient (Wildman–Crippen LogP) is 2.93. The molecule has 0 atom stereocenters. The Kier molecular flexibility index (Phi) is 3.63. The van der Waals surface area contributed by atoms with Gasteiger partial charge in [0.2, 0.25) is 0 Å². The summed E-state index contributed by atoms with van der Waals surface area (Å²) in [5, 5.41) is 0. The van der Waals surface area contributed by atoms with Crippen molar-refractivity contribution in [3.05, 3.63) is 65.2 Å². The molecule has 0 fully saturated rings. The third-order valence-corrected chi connectivity index (χ3v) is 2.63. The lowest BCUT2D eigenvalue weighted by molar-refractivity contribution is 0.0474. The highest BCUT2D eigenvalue weighted by molar-refractivity contribution is 5.94. The Balaban J connectivity index is 2.03. The average Bonchev–Trinajstić information content (AvgIpc) is 2.37. The lowest BCUT2D eigenvalue weighted by Gasteiger charge is -2.07. The van der Waals surface area contributed by atoms with E-state index in [-0.39, 0.29) is 6.61 Å². The molecule has 0 bridgehead atoms. The third kappa shape index (κ3) is 2.88. The molecule has 2 rings (SSSR count). The Bertz CT molecular complexity index is 564. The molecule has 0 saturated carbocycles. The summed E-state index contributed by atoms with van der Waals surface area (Å²) in [7, 11) is 0. The zero-order chi connectivity index (χ0) is 13.0. The minimum absolute atomic E-state index is 0.259. The molecule has 2 aromatic carbocycles. The number of hydrogen-bond acceptors (Lipinski definition) is 3. The fourth-order valence-electron chi connectivity index (χ4n) is 1.71. The monoisotopic (exact) mass is 241 g/mol. The first-order valence-electron chi connectivity index (χ1n) is 5.74. The highest BCUT2D eigenvalue weighted by atomic mass is 16.5. The van der Waals surface area contributed by atoms with Gasteiger partial charge in [0.15, 0.2) is 0 Å². The molecule has 0 heterocycles. The molecule has 0 aliphatic heterocycles. The largest absolute Gasteiger partial charge is 0.457 e. The van der Waals surface area contributed by atoms with Crippen LogP contribution >= 0.6 is 0 Å². The van der Waals surface area contributed by atoms with Crippen molar-refractivity contribution in [3.8, 4) is 0 Å². The summed E-state index contributed by atoms with van der Waals surface area (Å²) >= 11 is 0. The zero-order valence-corrected chi connectivity index (χ0v) is 10.2. The predicted molar refractivity (Wildman–Crippen MR) is 71.2 cm³/mol. The second-order valence-corrected chi connectivity index (χ2v) is 4.15. The molecule has 0 aliphatic rings. The number of hydrogen-bond donors (Lipinski definition) is 1. The molecular weight excluding hydrogens is 226 g/mol. The summed E-state index contributed by atoms with van der Waals surface area (Å²) in [6.07, 6.45) is 0. The summed E-state index contributed by atoms with van der Waals surface area (Å²) in [6, 6.07) is 14.7. The molecular formula is C15H15NO2. The van der Waals surface area contributed by atoms with Gasteiger partial charge >= 0.3 is 5.97 Å². The van der Waals surface area contributed by atoms with Crippen molar-refractivity contribution in [1.29, 1.82) is 0 Å². The lowest BCUT2D eigenvalue weighted by atomic mass is 10.1. The van der Waals surface area contributed by atoms with Crippen LogP contribution < -0.4 is 5.73 Å². The van der Waals surface area contributed by atoms with Crippen molar-refractivity contribution in [1.82, 2.24) is 0 Å². The number of ether oxygens (including phenoxy) is 1. The van der Waals surface area contributed by atoms with Crippen LogP contribution in [0.1, 0.15) is 21.5 Å². The maximum atomic E-state index is 11.8. The van der Waals surface area contributed by atoms with Gasteiger partial charge in [-0.2, -0.15) is 0 Å². The zero-order valence-electron chi connectivity index (χ0n) is 10.2. The first kappa shape index (κ1) is 12.2. The number of benzene rings is 2. The van der Waals surface area contributed by atoms with Crippen molar-refractivity contribution < 1.29 is 9.53 Å². The molecule has 0 spiro atoms.